The first-order valence-electron chi connectivity index (χ1n) is 6.78. The van der Waals surface area contributed by atoms with Crippen molar-refractivity contribution in [3.63, 3.8) is 0 Å². The number of hydrogen-bond acceptors (Lipinski definition) is 4. The molecule has 0 aromatic heterocycles. The summed E-state index contributed by atoms with van der Waals surface area (Å²) in [5.74, 6) is 1.03. The van der Waals surface area contributed by atoms with Gasteiger partial charge in [0.1, 0.15) is 0 Å². The molecule has 1 aromatic rings. The lowest BCUT2D eigenvalue weighted by Gasteiger charge is -2.20. The van der Waals surface area contributed by atoms with Crippen LogP contribution in [0, 0.1) is 5.92 Å². The molecule has 1 atom stereocenters. The topological polar surface area (TPSA) is 63.4 Å². The minimum Gasteiger partial charge on any atom is -0.398 e. The van der Waals surface area contributed by atoms with E-state index in [9.17, 15) is 8.42 Å². The zero-order valence-corrected chi connectivity index (χ0v) is 14.0. The number of rotatable bonds is 8. The number of thioether (sulfide) groups is 1. The minimum absolute atomic E-state index is 0.138. The van der Waals surface area contributed by atoms with Crippen molar-refractivity contribution >= 4 is 27.5 Å². The van der Waals surface area contributed by atoms with Crippen LogP contribution in [0.2, 0.25) is 0 Å². The molecular formula is C14H24N2O2S2. The van der Waals surface area contributed by atoms with E-state index in [1.807, 2.05) is 24.3 Å². The summed E-state index contributed by atoms with van der Waals surface area (Å²) in [6.07, 6.45) is 0.981. The van der Waals surface area contributed by atoms with E-state index in [2.05, 4.69) is 13.8 Å². The van der Waals surface area contributed by atoms with E-state index < -0.39 is 10.0 Å². The molecule has 0 saturated carbocycles. The maximum atomic E-state index is 12.1. The predicted molar refractivity (Wildman–Crippen MR) is 87.5 cm³/mol. The SMILES string of the molecule is CCC(C)CN(C)S(=O)(=O)CCSc1ccccc1N. The first-order chi connectivity index (χ1) is 9.36. The fourth-order valence-corrected chi connectivity index (χ4v) is 4.30. The third-order valence-electron chi connectivity index (χ3n) is 3.26. The first kappa shape index (κ1) is 17.3. The molecule has 2 N–H and O–H groups in total. The van der Waals surface area contributed by atoms with Crippen LogP contribution in [0.4, 0.5) is 5.69 Å². The fraction of sp³-hybridized carbons (Fsp3) is 0.571. The highest BCUT2D eigenvalue weighted by molar-refractivity contribution is 8.00. The predicted octanol–water partition coefficient (Wildman–Crippen LogP) is 2.67. The zero-order chi connectivity index (χ0) is 15.2. The lowest BCUT2D eigenvalue weighted by Crippen LogP contribution is -2.33. The van der Waals surface area contributed by atoms with Crippen molar-refractivity contribution < 1.29 is 8.42 Å². The summed E-state index contributed by atoms with van der Waals surface area (Å²) in [7, 11) is -1.52. The molecule has 1 rings (SSSR count). The highest BCUT2D eigenvalue weighted by Crippen LogP contribution is 2.24. The number of anilines is 1. The monoisotopic (exact) mass is 316 g/mol. The molecular weight excluding hydrogens is 292 g/mol. The molecule has 0 saturated heterocycles. The number of nitrogens with two attached hydrogens (primary N) is 1. The molecule has 6 heteroatoms. The maximum Gasteiger partial charge on any atom is 0.214 e. The standard InChI is InChI=1S/C14H24N2O2S2/c1-4-12(2)11-16(3)20(17,18)10-9-19-14-8-6-5-7-13(14)15/h5-8,12H,4,9-11,15H2,1-3H3. The smallest absolute Gasteiger partial charge is 0.214 e. The van der Waals surface area contributed by atoms with Gasteiger partial charge in [-0.2, -0.15) is 0 Å². The second kappa shape index (κ2) is 7.90. The lowest BCUT2D eigenvalue weighted by molar-refractivity contribution is 0.394. The van der Waals surface area contributed by atoms with Crippen LogP contribution < -0.4 is 5.73 Å². The van der Waals surface area contributed by atoms with Gasteiger partial charge in [-0.05, 0) is 18.1 Å². The third kappa shape index (κ3) is 5.34. The van der Waals surface area contributed by atoms with Gasteiger partial charge in [0.05, 0.1) is 5.75 Å². The Morgan fingerprint density at radius 2 is 2.00 bits per heavy atom. The van der Waals surface area contributed by atoms with E-state index in [1.165, 1.54) is 16.1 Å². The van der Waals surface area contributed by atoms with E-state index in [4.69, 9.17) is 5.73 Å². The molecule has 0 bridgehead atoms. The van der Waals surface area contributed by atoms with Crippen molar-refractivity contribution in [2.75, 3.05) is 30.8 Å². The van der Waals surface area contributed by atoms with Gasteiger partial charge >= 0.3 is 0 Å². The molecule has 20 heavy (non-hydrogen) atoms. The second-order valence-corrected chi connectivity index (χ2v) is 8.33. The summed E-state index contributed by atoms with van der Waals surface area (Å²) in [6.45, 7) is 4.71. The zero-order valence-electron chi connectivity index (χ0n) is 12.4. The average Bonchev–Trinajstić information content (AvgIpc) is 2.40. The summed E-state index contributed by atoms with van der Waals surface area (Å²) in [6, 6.07) is 7.51. The van der Waals surface area contributed by atoms with E-state index in [0.717, 1.165) is 11.3 Å². The van der Waals surface area contributed by atoms with Crippen LogP contribution in [0.25, 0.3) is 0 Å². The highest BCUT2D eigenvalue weighted by atomic mass is 32.2. The Morgan fingerprint density at radius 1 is 1.35 bits per heavy atom. The summed E-state index contributed by atoms with van der Waals surface area (Å²) in [5, 5.41) is 0. The summed E-state index contributed by atoms with van der Waals surface area (Å²) < 4.78 is 25.7. The van der Waals surface area contributed by atoms with Crippen molar-refractivity contribution in [2.45, 2.75) is 25.2 Å². The minimum atomic E-state index is -3.18. The van der Waals surface area contributed by atoms with Gasteiger partial charge in [0, 0.05) is 29.9 Å². The van der Waals surface area contributed by atoms with Crippen molar-refractivity contribution in [1.82, 2.24) is 4.31 Å². The molecule has 0 aliphatic heterocycles. The van der Waals surface area contributed by atoms with Crippen molar-refractivity contribution in [2.24, 2.45) is 5.92 Å². The van der Waals surface area contributed by atoms with Gasteiger partial charge in [0.25, 0.3) is 0 Å². The van der Waals surface area contributed by atoms with Gasteiger partial charge < -0.3 is 5.73 Å². The van der Waals surface area contributed by atoms with Crippen LogP contribution in [0.1, 0.15) is 20.3 Å². The van der Waals surface area contributed by atoms with E-state index in [0.29, 0.717) is 23.9 Å². The number of para-hydroxylation sites is 1. The van der Waals surface area contributed by atoms with Gasteiger partial charge in [-0.25, -0.2) is 12.7 Å². The van der Waals surface area contributed by atoms with Crippen LogP contribution in [-0.2, 0) is 10.0 Å². The lowest BCUT2D eigenvalue weighted by atomic mass is 10.1. The van der Waals surface area contributed by atoms with Crippen molar-refractivity contribution in [3.8, 4) is 0 Å². The Balaban J connectivity index is 2.50. The Morgan fingerprint density at radius 3 is 2.60 bits per heavy atom. The summed E-state index contributed by atoms with van der Waals surface area (Å²) in [4.78, 5) is 0.937. The Kier molecular flexibility index (Phi) is 6.85. The first-order valence-corrected chi connectivity index (χ1v) is 9.37. The average molecular weight is 316 g/mol. The Hall–Kier alpha value is -0.720. The normalized spacial score (nSPS) is 13.6. The number of hydrogen-bond donors (Lipinski definition) is 1. The molecule has 0 aliphatic rings. The summed E-state index contributed by atoms with van der Waals surface area (Å²) in [5.41, 5.74) is 6.53. The second-order valence-electron chi connectivity index (χ2n) is 5.00. The van der Waals surface area contributed by atoms with E-state index in [-0.39, 0.29) is 5.75 Å². The Bertz CT molecular complexity index is 518. The molecule has 1 unspecified atom stereocenters. The van der Waals surface area contributed by atoms with Gasteiger partial charge in [0.15, 0.2) is 0 Å². The van der Waals surface area contributed by atoms with Gasteiger partial charge in [0.2, 0.25) is 10.0 Å². The molecule has 0 aliphatic carbocycles. The van der Waals surface area contributed by atoms with Crippen LogP contribution in [-0.4, -0.2) is 37.8 Å². The third-order valence-corrected chi connectivity index (χ3v) is 6.43. The number of nitrogen functional groups attached to an aromatic ring is 1. The van der Waals surface area contributed by atoms with Crippen LogP contribution in [0.15, 0.2) is 29.2 Å². The molecule has 4 nitrogen and oxygen atoms in total. The van der Waals surface area contributed by atoms with Crippen molar-refractivity contribution in [3.05, 3.63) is 24.3 Å². The quantitative estimate of drug-likeness (QED) is 0.591. The van der Waals surface area contributed by atoms with Crippen LogP contribution >= 0.6 is 11.8 Å². The number of sulfonamides is 1. The highest BCUT2D eigenvalue weighted by Gasteiger charge is 2.19. The van der Waals surface area contributed by atoms with E-state index in [1.54, 1.807) is 7.05 Å². The molecule has 0 amide bonds. The molecule has 0 radical (unpaired) electrons. The van der Waals surface area contributed by atoms with Crippen LogP contribution in [0.3, 0.4) is 0 Å². The van der Waals surface area contributed by atoms with Crippen molar-refractivity contribution in [1.29, 1.82) is 0 Å². The molecule has 1 aromatic carbocycles. The Labute approximate surface area is 126 Å². The van der Waals surface area contributed by atoms with Gasteiger partial charge in [-0.15, -0.1) is 11.8 Å². The maximum absolute atomic E-state index is 12.1. The number of benzene rings is 1. The molecule has 0 heterocycles. The molecule has 114 valence electrons. The van der Waals surface area contributed by atoms with Gasteiger partial charge in [-0.1, -0.05) is 32.4 Å². The molecule has 0 fully saturated rings. The molecule has 0 spiro atoms. The fourth-order valence-electron chi connectivity index (χ4n) is 1.71. The van der Waals surface area contributed by atoms with E-state index >= 15 is 0 Å². The number of nitrogens with zero attached hydrogens (tertiary/aromatic N) is 1. The van der Waals surface area contributed by atoms with Crippen LogP contribution in [0.5, 0.6) is 0 Å². The largest absolute Gasteiger partial charge is 0.398 e. The van der Waals surface area contributed by atoms with Gasteiger partial charge in [-0.3, -0.25) is 0 Å². The summed E-state index contributed by atoms with van der Waals surface area (Å²) >= 11 is 1.49.